The van der Waals surface area contributed by atoms with Gasteiger partial charge in [0.1, 0.15) is 5.82 Å². The van der Waals surface area contributed by atoms with Crippen molar-refractivity contribution >= 4 is 11.7 Å². The Morgan fingerprint density at radius 2 is 2.12 bits per heavy atom. The molecule has 1 aromatic carbocycles. The summed E-state index contributed by atoms with van der Waals surface area (Å²) in [5.41, 5.74) is 0.305. The smallest absolute Gasteiger partial charge is 0.321 e. The Morgan fingerprint density at radius 1 is 1.44 bits per heavy atom. The van der Waals surface area contributed by atoms with E-state index in [1.54, 1.807) is 25.2 Å². The molecule has 1 aliphatic carbocycles. The Kier molecular flexibility index (Phi) is 3.08. The topological polar surface area (TPSA) is 32.3 Å². The van der Waals surface area contributed by atoms with Crippen molar-refractivity contribution in [3.8, 4) is 0 Å². The molecule has 0 spiro atoms. The molecule has 0 aromatic heterocycles. The van der Waals surface area contributed by atoms with Gasteiger partial charge in [-0.25, -0.2) is 9.18 Å². The number of halogens is 1. The van der Waals surface area contributed by atoms with E-state index in [9.17, 15) is 9.18 Å². The first kappa shape index (κ1) is 10.9. The summed E-state index contributed by atoms with van der Waals surface area (Å²) in [6, 6.07) is 6.29. The highest BCUT2D eigenvalue weighted by atomic mass is 19.1. The number of anilines is 1. The van der Waals surface area contributed by atoms with Gasteiger partial charge in [-0.1, -0.05) is 12.1 Å². The molecule has 2 rings (SSSR count). The van der Waals surface area contributed by atoms with Gasteiger partial charge in [-0.2, -0.15) is 0 Å². The number of benzene rings is 1. The molecule has 0 bridgehead atoms. The number of hydrogen-bond acceptors (Lipinski definition) is 1. The Hall–Kier alpha value is -1.58. The maximum Gasteiger partial charge on any atom is 0.321 e. The molecule has 1 fully saturated rings. The van der Waals surface area contributed by atoms with Gasteiger partial charge >= 0.3 is 6.03 Å². The Balaban J connectivity index is 2.03. The zero-order chi connectivity index (χ0) is 11.5. The van der Waals surface area contributed by atoms with Crippen molar-refractivity contribution in [3.63, 3.8) is 0 Å². The Bertz CT molecular complexity index is 390. The summed E-state index contributed by atoms with van der Waals surface area (Å²) in [6.45, 7) is 0. The molecule has 0 unspecified atom stereocenters. The van der Waals surface area contributed by atoms with Crippen LogP contribution in [0.3, 0.4) is 0 Å². The maximum absolute atomic E-state index is 13.4. The molecular formula is C12H15FN2O. The highest BCUT2D eigenvalue weighted by Crippen LogP contribution is 2.20. The third-order valence-electron chi connectivity index (χ3n) is 2.95. The molecule has 0 heterocycles. The van der Waals surface area contributed by atoms with Crippen molar-refractivity contribution in [2.24, 2.45) is 0 Å². The van der Waals surface area contributed by atoms with Crippen LogP contribution in [0.4, 0.5) is 14.9 Å². The Morgan fingerprint density at radius 3 is 2.69 bits per heavy atom. The van der Waals surface area contributed by atoms with E-state index in [4.69, 9.17) is 0 Å². The van der Waals surface area contributed by atoms with Crippen molar-refractivity contribution in [1.82, 2.24) is 5.32 Å². The maximum atomic E-state index is 13.4. The lowest BCUT2D eigenvalue weighted by atomic mass is 9.93. The molecule has 1 aliphatic rings. The lowest BCUT2D eigenvalue weighted by molar-refractivity contribution is 0.235. The summed E-state index contributed by atoms with van der Waals surface area (Å²) in [6.07, 6.45) is 3.21. The van der Waals surface area contributed by atoms with E-state index in [2.05, 4.69) is 5.32 Å². The van der Waals surface area contributed by atoms with E-state index in [1.807, 2.05) is 0 Å². The molecule has 0 saturated heterocycles. The van der Waals surface area contributed by atoms with Crippen molar-refractivity contribution in [1.29, 1.82) is 0 Å². The number of rotatable bonds is 2. The molecule has 2 amide bonds. The summed E-state index contributed by atoms with van der Waals surface area (Å²) in [7, 11) is 1.58. The predicted octanol–water partition coefficient (Wildman–Crippen LogP) is 2.52. The van der Waals surface area contributed by atoms with E-state index < -0.39 is 0 Å². The highest BCUT2D eigenvalue weighted by Gasteiger charge is 2.22. The summed E-state index contributed by atoms with van der Waals surface area (Å²) in [4.78, 5) is 13.1. The number of nitrogens with one attached hydrogen (secondary N) is 1. The highest BCUT2D eigenvalue weighted by molar-refractivity contribution is 5.91. The number of carbonyl (C=O) groups excluding carboxylic acids is 1. The Labute approximate surface area is 94.3 Å². The van der Waals surface area contributed by atoms with Gasteiger partial charge in [0.05, 0.1) is 5.69 Å². The summed E-state index contributed by atoms with van der Waals surface area (Å²) < 4.78 is 13.4. The number of hydrogen-bond donors (Lipinski definition) is 1. The number of urea groups is 1. The normalized spacial score (nSPS) is 15.4. The van der Waals surface area contributed by atoms with Crippen LogP contribution in [-0.2, 0) is 0 Å². The van der Waals surface area contributed by atoms with Crippen molar-refractivity contribution in [2.45, 2.75) is 25.3 Å². The molecule has 86 valence electrons. The summed E-state index contributed by atoms with van der Waals surface area (Å²) in [5.74, 6) is -0.381. The fourth-order valence-corrected chi connectivity index (χ4v) is 1.66. The van der Waals surface area contributed by atoms with E-state index in [1.165, 1.54) is 11.0 Å². The van der Waals surface area contributed by atoms with Crippen LogP contribution in [0.15, 0.2) is 24.3 Å². The number of para-hydroxylation sites is 1. The minimum absolute atomic E-state index is 0.241. The van der Waals surface area contributed by atoms with Crippen LogP contribution in [0.2, 0.25) is 0 Å². The number of nitrogens with zero attached hydrogens (tertiary/aromatic N) is 1. The fraction of sp³-hybridized carbons (Fsp3) is 0.417. The SMILES string of the molecule is CN(C(=O)NC1CCC1)c1ccccc1F. The van der Waals surface area contributed by atoms with Gasteiger partial charge in [-0.3, -0.25) is 4.90 Å². The van der Waals surface area contributed by atoms with Crippen LogP contribution < -0.4 is 10.2 Å². The van der Waals surface area contributed by atoms with Gasteiger partial charge in [0.15, 0.2) is 0 Å². The van der Waals surface area contributed by atoms with Crippen LogP contribution >= 0.6 is 0 Å². The molecule has 0 atom stereocenters. The monoisotopic (exact) mass is 222 g/mol. The number of carbonyl (C=O) groups is 1. The van der Waals surface area contributed by atoms with Gasteiger partial charge < -0.3 is 5.32 Å². The quantitative estimate of drug-likeness (QED) is 0.819. The third-order valence-corrected chi connectivity index (χ3v) is 2.95. The average Bonchev–Trinajstić information content (AvgIpc) is 2.23. The van der Waals surface area contributed by atoms with Gasteiger partial charge in [-0.05, 0) is 31.4 Å². The van der Waals surface area contributed by atoms with Crippen molar-refractivity contribution in [3.05, 3.63) is 30.1 Å². The first-order valence-electron chi connectivity index (χ1n) is 5.47. The van der Waals surface area contributed by atoms with E-state index in [0.29, 0.717) is 5.69 Å². The first-order chi connectivity index (χ1) is 7.68. The number of amides is 2. The van der Waals surface area contributed by atoms with Crippen LogP contribution in [0.5, 0.6) is 0 Å². The van der Waals surface area contributed by atoms with Gasteiger partial charge in [0.2, 0.25) is 0 Å². The van der Waals surface area contributed by atoms with Crippen LogP contribution in [0, 0.1) is 5.82 Å². The van der Waals surface area contributed by atoms with Gasteiger partial charge in [0.25, 0.3) is 0 Å². The average molecular weight is 222 g/mol. The zero-order valence-electron chi connectivity index (χ0n) is 9.24. The zero-order valence-corrected chi connectivity index (χ0v) is 9.24. The molecule has 1 saturated carbocycles. The van der Waals surface area contributed by atoms with E-state index >= 15 is 0 Å². The molecule has 0 aliphatic heterocycles. The van der Waals surface area contributed by atoms with E-state index in [-0.39, 0.29) is 17.9 Å². The third kappa shape index (κ3) is 2.15. The largest absolute Gasteiger partial charge is 0.335 e. The molecule has 1 aromatic rings. The minimum Gasteiger partial charge on any atom is -0.335 e. The fourth-order valence-electron chi connectivity index (χ4n) is 1.66. The van der Waals surface area contributed by atoms with Crippen LogP contribution in [0.25, 0.3) is 0 Å². The lowest BCUT2D eigenvalue weighted by Gasteiger charge is -2.29. The summed E-state index contributed by atoms with van der Waals surface area (Å²) in [5, 5.41) is 2.86. The van der Waals surface area contributed by atoms with E-state index in [0.717, 1.165) is 19.3 Å². The van der Waals surface area contributed by atoms with Crippen LogP contribution in [0.1, 0.15) is 19.3 Å². The second kappa shape index (κ2) is 4.51. The first-order valence-corrected chi connectivity index (χ1v) is 5.47. The molecule has 3 nitrogen and oxygen atoms in total. The van der Waals surface area contributed by atoms with Gasteiger partial charge in [0, 0.05) is 13.1 Å². The molecule has 16 heavy (non-hydrogen) atoms. The lowest BCUT2D eigenvalue weighted by Crippen LogP contribution is -2.46. The molecule has 0 radical (unpaired) electrons. The predicted molar refractivity (Wildman–Crippen MR) is 61.0 cm³/mol. The molecular weight excluding hydrogens is 207 g/mol. The standard InChI is InChI=1S/C12H15FN2O/c1-15(11-8-3-2-7-10(11)13)12(16)14-9-5-4-6-9/h2-3,7-9H,4-6H2,1H3,(H,14,16). The second-order valence-electron chi connectivity index (χ2n) is 4.09. The van der Waals surface area contributed by atoms with Gasteiger partial charge in [-0.15, -0.1) is 0 Å². The second-order valence-corrected chi connectivity index (χ2v) is 4.09. The van der Waals surface area contributed by atoms with Crippen molar-refractivity contribution in [2.75, 3.05) is 11.9 Å². The van der Waals surface area contributed by atoms with Crippen molar-refractivity contribution < 1.29 is 9.18 Å². The summed E-state index contributed by atoms with van der Waals surface area (Å²) >= 11 is 0. The molecule has 4 heteroatoms. The van der Waals surface area contributed by atoms with Crippen LogP contribution in [-0.4, -0.2) is 19.1 Å². The molecule has 1 N–H and O–H groups in total. The minimum atomic E-state index is -0.381.